The topological polar surface area (TPSA) is 59.0 Å². The van der Waals surface area contributed by atoms with E-state index in [1.54, 1.807) is 35.2 Å². The van der Waals surface area contributed by atoms with Gasteiger partial charge in [0.2, 0.25) is 0 Å². The summed E-state index contributed by atoms with van der Waals surface area (Å²) in [6.45, 7) is -0.240. The molecule has 1 saturated heterocycles. The molecule has 2 atom stereocenters. The number of carbonyl (C=O) groups excluding carboxylic acids is 1. The zero-order chi connectivity index (χ0) is 22.6. The van der Waals surface area contributed by atoms with Crippen LogP contribution in [0.4, 0.5) is 18.0 Å². The lowest BCUT2D eigenvalue weighted by Crippen LogP contribution is -2.43. The third kappa shape index (κ3) is 8.13. The first-order chi connectivity index (χ1) is 14.9. The molecule has 31 heavy (non-hydrogen) atoms. The summed E-state index contributed by atoms with van der Waals surface area (Å²) in [6.07, 6.45) is 2.15. The first-order valence-corrected chi connectivity index (χ1v) is 10.3. The fraction of sp³-hybridized carbons (Fsp3) is 0.435. The summed E-state index contributed by atoms with van der Waals surface area (Å²) < 4.78 is 46.1. The molecule has 0 aliphatic carbocycles. The molecule has 3 rings (SSSR count). The van der Waals surface area contributed by atoms with Gasteiger partial charge in [-0.2, -0.15) is 8.78 Å². The van der Waals surface area contributed by atoms with Gasteiger partial charge in [-0.3, -0.25) is 0 Å². The number of hydrogen-bond acceptors (Lipinski definition) is 4. The molecule has 0 saturated carbocycles. The van der Waals surface area contributed by atoms with Gasteiger partial charge in [0.1, 0.15) is 17.7 Å². The van der Waals surface area contributed by atoms with Gasteiger partial charge < -0.3 is 19.5 Å². The molecule has 1 fully saturated rings. The van der Waals surface area contributed by atoms with Crippen molar-refractivity contribution in [3.05, 3.63) is 66.0 Å². The van der Waals surface area contributed by atoms with E-state index in [0.717, 1.165) is 12.0 Å². The third-order valence-electron chi connectivity index (χ3n) is 4.86. The Hall–Kier alpha value is -2.74. The molecule has 0 radical (unpaired) electrons. The van der Waals surface area contributed by atoms with Gasteiger partial charge >= 0.3 is 12.7 Å². The SMILES string of the molecule is CCC(c1ccc(OC(F)F)cc1)N1CCC(CCCO)OC1=O.Fc1ccccc1. The summed E-state index contributed by atoms with van der Waals surface area (Å²) in [6, 6.07) is 14.1. The molecule has 0 spiro atoms. The van der Waals surface area contributed by atoms with E-state index in [9.17, 15) is 18.0 Å². The van der Waals surface area contributed by atoms with Gasteiger partial charge in [0, 0.05) is 19.6 Å². The lowest BCUT2D eigenvalue weighted by Gasteiger charge is -2.37. The predicted octanol–water partition coefficient (Wildman–Crippen LogP) is 5.55. The molecule has 1 amide bonds. The summed E-state index contributed by atoms with van der Waals surface area (Å²) in [5.74, 6) is -0.0867. The largest absolute Gasteiger partial charge is 0.446 e. The van der Waals surface area contributed by atoms with Crippen LogP contribution in [0.15, 0.2) is 54.6 Å². The maximum absolute atomic E-state index is 12.3. The summed E-state index contributed by atoms with van der Waals surface area (Å²) in [5, 5.41) is 8.86. The maximum Gasteiger partial charge on any atom is 0.410 e. The number of hydrogen-bond donors (Lipinski definition) is 1. The monoisotopic (exact) mass is 439 g/mol. The average Bonchev–Trinajstić information content (AvgIpc) is 2.76. The number of ether oxygens (including phenoxy) is 2. The third-order valence-corrected chi connectivity index (χ3v) is 4.86. The van der Waals surface area contributed by atoms with Gasteiger partial charge in [0.25, 0.3) is 0 Å². The first-order valence-electron chi connectivity index (χ1n) is 10.3. The number of cyclic esters (lactones) is 1. The number of aliphatic hydroxyl groups is 1. The number of alkyl halides is 2. The minimum Gasteiger partial charge on any atom is -0.446 e. The molecule has 2 unspecified atom stereocenters. The molecule has 8 heteroatoms. The van der Waals surface area contributed by atoms with E-state index in [-0.39, 0.29) is 36.4 Å². The zero-order valence-electron chi connectivity index (χ0n) is 17.4. The molecular weight excluding hydrogens is 411 g/mol. The Kier molecular flexibility index (Phi) is 10.2. The molecule has 1 N–H and O–H groups in total. The van der Waals surface area contributed by atoms with Crippen LogP contribution in [0.3, 0.4) is 0 Å². The van der Waals surface area contributed by atoms with Gasteiger partial charge in [-0.05, 0) is 49.1 Å². The Balaban J connectivity index is 0.000000412. The standard InChI is InChI=1S/C17H23F2NO4.C6H5F/c1-2-15(12-5-7-14(8-6-12)23-16(18)19)20-10-9-13(4-3-11-21)24-17(20)22;7-6-4-2-1-3-5-6/h5-8,13,15-16,21H,2-4,9-11H2,1H3;1-5H. The van der Waals surface area contributed by atoms with Crippen molar-refractivity contribution in [3.63, 3.8) is 0 Å². The normalized spacial score (nSPS) is 16.9. The van der Waals surface area contributed by atoms with E-state index in [4.69, 9.17) is 9.84 Å². The highest BCUT2D eigenvalue weighted by atomic mass is 19.3. The molecule has 1 aliphatic heterocycles. The lowest BCUT2D eigenvalue weighted by molar-refractivity contribution is -0.0498. The average molecular weight is 439 g/mol. The van der Waals surface area contributed by atoms with Gasteiger partial charge in [-0.1, -0.05) is 37.3 Å². The number of carbonyl (C=O) groups is 1. The van der Waals surface area contributed by atoms with Crippen LogP contribution in [-0.2, 0) is 4.74 Å². The molecule has 2 aromatic carbocycles. The van der Waals surface area contributed by atoms with E-state index < -0.39 is 6.61 Å². The van der Waals surface area contributed by atoms with Crippen LogP contribution in [0.2, 0.25) is 0 Å². The number of aliphatic hydroxyl groups excluding tert-OH is 1. The van der Waals surface area contributed by atoms with Crippen molar-refractivity contribution < 1.29 is 32.5 Å². The van der Waals surface area contributed by atoms with Crippen LogP contribution in [0.5, 0.6) is 5.75 Å². The van der Waals surface area contributed by atoms with E-state index in [1.807, 2.05) is 6.92 Å². The van der Waals surface area contributed by atoms with Crippen LogP contribution in [0.1, 0.15) is 44.2 Å². The molecule has 0 aromatic heterocycles. The highest BCUT2D eigenvalue weighted by molar-refractivity contribution is 5.69. The van der Waals surface area contributed by atoms with Crippen molar-refractivity contribution in [1.82, 2.24) is 4.90 Å². The van der Waals surface area contributed by atoms with Crippen molar-refractivity contribution >= 4 is 6.09 Å². The fourth-order valence-electron chi connectivity index (χ4n) is 3.37. The predicted molar refractivity (Wildman–Crippen MR) is 110 cm³/mol. The fourth-order valence-corrected chi connectivity index (χ4v) is 3.37. The minimum atomic E-state index is -2.86. The molecule has 5 nitrogen and oxygen atoms in total. The summed E-state index contributed by atoms with van der Waals surface area (Å²) in [5.41, 5.74) is 0.852. The second kappa shape index (κ2) is 12.8. The molecule has 2 aromatic rings. The van der Waals surface area contributed by atoms with Gasteiger partial charge in [0.15, 0.2) is 0 Å². The minimum absolute atomic E-state index is 0.0857. The van der Waals surface area contributed by atoms with Crippen LogP contribution in [0, 0.1) is 5.82 Å². The van der Waals surface area contributed by atoms with Crippen molar-refractivity contribution in [2.45, 2.75) is 51.4 Å². The van der Waals surface area contributed by atoms with Crippen molar-refractivity contribution in [1.29, 1.82) is 0 Å². The Bertz CT molecular complexity index is 774. The van der Waals surface area contributed by atoms with E-state index in [2.05, 4.69) is 4.74 Å². The van der Waals surface area contributed by atoms with Crippen LogP contribution in [0.25, 0.3) is 0 Å². The van der Waals surface area contributed by atoms with Crippen LogP contribution < -0.4 is 4.74 Å². The van der Waals surface area contributed by atoms with E-state index in [1.165, 1.54) is 24.3 Å². The van der Waals surface area contributed by atoms with E-state index >= 15 is 0 Å². The summed E-state index contributed by atoms with van der Waals surface area (Å²) in [7, 11) is 0. The van der Waals surface area contributed by atoms with Crippen molar-refractivity contribution in [2.24, 2.45) is 0 Å². The molecular formula is C23H28F3NO4. The van der Waals surface area contributed by atoms with Crippen molar-refractivity contribution in [2.75, 3.05) is 13.2 Å². The number of benzene rings is 2. The van der Waals surface area contributed by atoms with Gasteiger partial charge in [-0.25, -0.2) is 9.18 Å². The number of amides is 1. The Labute approximate surface area is 180 Å². The van der Waals surface area contributed by atoms with Crippen molar-refractivity contribution in [3.8, 4) is 5.75 Å². The summed E-state index contributed by atoms with van der Waals surface area (Å²) in [4.78, 5) is 13.9. The Morgan fingerprint density at radius 1 is 1.16 bits per heavy atom. The quantitative estimate of drug-likeness (QED) is 0.586. The molecule has 170 valence electrons. The first kappa shape index (κ1) is 24.5. The van der Waals surface area contributed by atoms with Gasteiger partial charge in [0.05, 0.1) is 6.04 Å². The lowest BCUT2D eigenvalue weighted by atomic mass is 10.0. The second-order valence-electron chi connectivity index (χ2n) is 7.02. The molecule has 0 bridgehead atoms. The zero-order valence-corrected chi connectivity index (χ0v) is 17.4. The Morgan fingerprint density at radius 2 is 1.84 bits per heavy atom. The Morgan fingerprint density at radius 3 is 2.32 bits per heavy atom. The highest BCUT2D eigenvalue weighted by Gasteiger charge is 2.32. The highest BCUT2D eigenvalue weighted by Crippen LogP contribution is 2.30. The smallest absolute Gasteiger partial charge is 0.410 e. The summed E-state index contributed by atoms with van der Waals surface area (Å²) >= 11 is 0. The molecule has 1 heterocycles. The number of rotatable bonds is 8. The number of nitrogens with zero attached hydrogens (tertiary/aromatic N) is 1. The van der Waals surface area contributed by atoms with E-state index in [0.29, 0.717) is 25.8 Å². The van der Waals surface area contributed by atoms with Crippen LogP contribution >= 0.6 is 0 Å². The number of halogens is 3. The van der Waals surface area contributed by atoms with Gasteiger partial charge in [-0.15, -0.1) is 0 Å². The molecule has 1 aliphatic rings. The van der Waals surface area contributed by atoms with Crippen LogP contribution in [-0.4, -0.2) is 42.0 Å². The second-order valence-corrected chi connectivity index (χ2v) is 7.02. The maximum atomic E-state index is 12.3.